The first kappa shape index (κ1) is 18.9. The van der Waals surface area contributed by atoms with Gasteiger partial charge in [0.05, 0.1) is 11.7 Å². The number of nitrogens with zero attached hydrogens (tertiary/aromatic N) is 3. The van der Waals surface area contributed by atoms with Crippen molar-refractivity contribution in [2.45, 2.75) is 39.2 Å². The number of anilines is 1. The quantitative estimate of drug-likeness (QED) is 0.818. The van der Waals surface area contributed by atoms with Gasteiger partial charge in [0.2, 0.25) is 0 Å². The molecule has 1 aliphatic rings. The van der Waals surface area contributed by atoms with Crippen LogP contribution < -0.4 is 10.6 Å². The number of benzene rings is 1. The molecule has 1 aliphatic heterocycles. The van der Waals surface area contributed by atoms with Crippen LogP contribution in [0, 0.1) is 0 Å². The fourth-order valence-electron chi connectivity index (χ4n) is 3.70. The number of amides is 2. The van der Waals surface area contributed by atoms with E-state index < -0.39 is 5.91 Å². The molecule has 0 spiro atoms. The van der Waals surface area contributed by atoms with E-state index in [1.54, 1.807) is 6.07 Å². The number of rotatable bonds is 6. The monoisotopic (exact) mass is 369 g/mol. The Morgan fingerprint density at radius 3 is 2.52 bits per heavy atom. The molecule has 1 aromatic heterocycles. The van der Waals surface area contributed by atoms with Crippen LogP contribution in [0.1, 0.15) is 65.7 Å². The Hall–Kier alpha value is -2.83. The van der Waals surface area contributed by atoms with Crippen LogP contribution in [0.25, 0.3) is 0 Å². The summed E-state index contributed by atoms with van der Waals surface area (Å²) in [6.45, 7) is 6.78. The number of carbonyl (C=O) groups is 2. The topological polar surface area (TPSA) is 95.3 Å². The number of likely N-dealkylation sites (tertiary alicyclic amines) is 1. The van der Waals surface area contributed by atoms with Crippen LogP contribution in [0.15, 0.2) is 30.3 Å². The van der Waals surface area contributed by atoms with Crippen molar-refractivity contribution >= 4 is 17.5 Å². The first-order valence-corrected chi connectivity index (χ1v) is 9.56. The van der Waals surface area contributed by atoms with Crippen molar-refractivity contribution in [3.05, 3.63) is 47.3 Å². The fourth-order valence-corrected chi connectivity index (χ4v) is 3.70. The van der Waals surface area contributed by atoms with Crippen LogP contribution in [0.4, 0.5) is 5.69 Å². The van der Waals surface area contributed by atoms with E-state index in [0.29, 0.717) is 12.1 Å². The van der Waals surface area contributed by atoms with E-state index in [-0.39, 0.29) is 17.6 Å². The summed E-state index contributed by atoms with van der Waals surface area (Å²) in [4.78, 5) is 28.6. The second kappa shape index (κ2) is 8.24. The van der Waals surface area contributed by atoms with Gasteiger partial charge in [-0.2, -0.15) is 5.10 Å². The number of hydrogen-bond donors (Lipinski definition) is 2. The largest absolute Gasteiger partial charge is 0.372 e. The van der Waals surface area contributed by atoms with Crippen molar-refractivity contribution < 1.29 is 9.59 Å². The third-order valence-electron chi connectivity index (χ3n) is 5.22. The Morgan fingerprint density at radius 1 is 1.22 bits per heavy atom. The van der Waals surface area contributed by atoms with Gasteiger partial charge in [-0.15, -0.1) is 0 Å². The molecule has 1 unspecified atom stereocenters. The van der Waals surface area contributed by atoms with Gasteiger partial charge in [-0.1, -0.05) is 0 Å². The van der Waals surface area contributed by atoms with Gasteiger partial charge >= 0.3 is 0 Å². The van der Waals surface area contributed by atoms with Gasteiger partial charge in [0, 0.05) is 30.9 Å². The predicted octanol–water partition coefficient (Wildman–Crippen LogP) is 2.72. The Kier molecular flexibility index (Phi) is 5.78. The van der Waals surface area contributed by atoms with E-state index in [1.165, 1.54) is 0 Å². The van der Waals surface area contributed by atoms with Crippen LogP contribution in [0.5, 0.6) is 0 Å². The molecule has 1 saturated heterocycles. The van der Waals surface area contributed by atoms with Gasteiger partial charge in [0.25, 0.3) is 11.8 Å². The standard InChI is InChI=1S/C20H27N5O2/c1-3-24(4-2)15-10-8-14(9-11-15)20(27)25-12-6-5-7-18(25)16-13-17(19(21)26)23-22-16/h8-11,13,18H,3-7,12H2,1-2H3,(H2,21,26)(H,22,23). The van der Waals surface area contributed by atoms with Gasteiger partial charge in [0.15, 0.2) is 0 Å². The molecule has 0 radical (unpaired) electrons. The normalized spacial score (nSPS) is 17.0. The van der Waals surface area contributed by atoms with Crippen molar-refractivity contribution in [1.29, 1.82) is 0 Å². The number of primary amides is 1. The highest BCUT2D eigenvalue weighted by Gasteiger charge is 2.30. The molecule has 0 bridgehead atoms. The molecule has 0 saturated carbocycles. The lowest BCUT2D eigenvalue weighted by Crippen LogP contribution is -2.38. The molecule has 3 N–H and O–H groups in total. The Labute approximate surface area is 159 Å². The number of carbonyl (C=O) groups excluding carboxylic acids is 2. The maximum Gasteiger partial charge on any atom is 0.269 e. The van der Waals surface area contributed by atoms with Crippen molar-refractivity contribution in [1.82, 2.24) is 15.1 Å². The predicted molar refractivity (Wildman–Crippen MR) is 105 cm³/mol. The molecule has 2 heterocycles. The van der Waals surface area contributed by atoms with Crippen molar-refractivity contribution in [2.75, 3.05) is 24.5 Å². The maximum atomic E-state index is 13.1. The SMILES string of the molecule is CCN(CC)c1ccc(C(=O)N2CCCCC2c2cc(C(N)=O)n[nH]2)cc1. The molecule has 3 rings (SSSR count). The zero-order chi connectivity index (χ0) is 19.4. The van der Waals surface area contributed by atoms with Crippen LogP contribution in [0.2, 0.25) is 0 Å². The average Bonchev–Trinajstić information content (AvgIpc) is 3.19. The summed E-state index contributed by atoms with van der Waals surface area (Å²) in [5.41, 5.74) is 8.05. The van der Waals surface area contributed by atoms with Crippen LogP contribution in [-0.4, -0.2) is 46.5 Å². The first-order valence-electron chi connectivity index (χ1n) is 9.56. The summed E-state index contributed by atoms with van der Waals surface area (Å²) >= 11 is 0. The van der Waals surface area contributed by atoms with Crippen LogP contribution in [-0.2, 0) is 0 Å². The summed E-state index contributed by atoms with van der Waals surface area (Å²) in [6, 6.07) is 9.32. The molecule has 0 aliphatic carbocycles. The second-order valence-corrected chi connectivity index (χ2v) is 6.80. The van der Waals surface area contributed by atoms with Gasteiger partial charge < -0.3 is 15.5 Å². The van der Waals surface area contributed by atoms with Gasteiger partial charge in [-0.05, 0) is 63.4 Å². The number of nitrogens with two attached hydrogens (primary N) is 1. The molecule has 7 nitrogen and oxygen atoms in total. The fraction of sp³-hybridized carbons (Fsp3) is 0.450. The molecule has 1 aromatic carbocycles. The van der Waals surface area contributed by atoms with Crippen LogP contribution in [0.3, 0.4) is 0 Å². The zero-order valence-electron chi connectivity index (χ0n) is 15.9. The van der Waals surface area contributed by atoms with Gasteiger partial charge in [-0.3, -0.25) is 14.7 Å². The lowest BCUT2D eigenvalue weighted by Gasteiger charge is -2.35. The Morgan fingerprint density at radius 2 is 1.93 bits per heavy atom. The highest BCUT2D eigenvalue weighted by atomic mass is 16.2. The molecule has 7 heteroatoms. The van der Waals surface area contributed by atoms with Gasteiger partial charge in [-0.25, -0.2) is 0 Å². The van der Waals surface area contributed by atoms with E-state index in [2.05, 4.69) is 28.9 Å². The Bertz CT molecular complexity index is 795. The summed E-state index contributed by atoms with van der Waals surface area (Å²) in [6.07, 6.45) is 2.83. The molecular formula is C20H27N5O2. The van der Waals surface area contributed by atoms with E-state index in [1.807, 2.05) is 29.2 Å². The summed E-state index contributed by atoms with van der Waals surface area (Å²) in [5, 5.41) is 6.85. The first-order chi connectivity index (χ1) is 13.0. The molecule has 2 amide bonds. The third kappa shape index (κ3) is 3.97. The van der Waals surface area contributed by atoms with E-state index >= 15 is 0 Å². The maximum absolute atomic E-state index is 13.1. The minimum atomic E-state index is -0.571. The molecule has 1 fully saturated rings. The minimum absolute atomic E-state index is 0.000946. The lowest BCUT2D eigenvalue weighted by atomic mass is 9.98. The molecule has 2 aromatic rings. The summed E-state index contributed by atoms with van der Waals surface area (Å²) < 4.78 is 0. The summed E-state index contributed by atoms with van der Waals surface area (Å²) in [5.74, 6) is -0.570. The van der Waals surface area contributed by atoms with E-state index in [4.69, 9.17) is 5.73 Å². The van der Waals surface area contributed by atoms with E-state index in [9.17, 15) is 9.59 Å². The number of aromatic nitrogens is 2. The van der Waals surface area contributed by atoms with Crippen molar-refractivity contribution in [3.63, 3.8) is 0 Å². The number of H-pyrrole nitrogens is 1. The number of hydrogen-bond acceptors (Lipinski definition) is 4. The highest BCUT2D eigenvalue weighted by Crippen LogP contribution is 2.31. The molecule has 144 valence electrons. The third-order valence-corrected chi connectivity index (χ3v) is 5.22. The number of piperidine rings is 1. The zero-order valence-corrected chi connectivity index (χ0v) is 15.9. The molecule has 27 heavy (non-hydrogen) atoms. The minimum Gasteiger partial charge on any atom is -0.372 e. The van der Waals surface area contributed by atoms with Crippen molar-refractivity contribution in [3.8, 4) is 0 Å². The molecule has 1 atom stereocenters. The molecular weight excluding hydrogens is 342 g/mol. The lowest BCUT2D eigenvalue weighted by molar-refractivity contribution is 0.0606. The highest BCUT2D eigenvalue weighted by molar-refractivity contribution is 5.95. The number of nitrogens with one attached hydrogen (secondary N) is 1. The summed E-state index contributed by atoms with van der Waals surface area (Å²) in [7, 11) is 0. The van der Waals surface area contributed by atoms with Crippen LogP contribution >= 0.6 is 0 Å². The second-order valence-electron chi connectivity index (χ2n) is 6.80. The average molecular weight is 369 g/mol. The van der Waals surface area contributed by atoms with Gasteiger partial charge in [0.1, 0.15) is 5.69 Å². The Balaban J connectivity index is 1.81. The smallest absolute Gasteiger partial charge is 0.269 e. The van der Waals surface area contributed by atoms with Crippen molar-refractivity contribution in [2.24, 2.45) is 5.73 Å². The number of aromatic amines is 1. The van der Waals surface area contributed by atoms with E-state index in [0.717, 1.165) is 43.7 Å².